The van der Waals surface area contributed by atoms with Crippen molar-refractivity contribution in [1.29, 1.82) is 0 Å². The summed E-state index contributed by atoms with van der Waals surface area (Å²) in [7, 11) is 2.22. The highest BCUT2D eigenvalue weighted by atomic mass is 19.4. The quantitative estimate of drug-likeness (QED) is 0.697. The average Bonchev–Trinajstić information content (AvgIpc) is 3.17. The molecular formula is C19H18F3N3O5. The number of anilines is 1. The van der Waals surface area contributed by atoms with Crippen LogP contribution in [0.5, 0.6) is 0 Å². The van der Waals surface area contributed by atoms with E-state index < -0.39 is 23.7 Å². The van der Waals surface area contributed by atoms with Gasteiger partial charge in [-0.15, -0.1) is 0 Å². The number of carbonyl (C=O) groups excluding carboxylic acids is 2. The molecule has 160 valence electrons. The van der Waals surface area contributed by atoms with Gasteiger partial charge in [0.15, 0.2) is 0 Å². The predicted molar refractivity (Wildman–Crippen MR) is 97.7 cm³/mol. The van der Waals surface area contributed by atoms with Crippen LogP contribution in [0.2, 0.25) is 0 Å². The largest absolute Gasteiger partial charge is 0.466 e. The second-order valence-electron chi connectivity index (χ2n) is 6.38. The fraction of sp³-hybridized carbons (Fsp3) is 0.316. The number of aromatic nitrogens is 2. The molecule has 1 aromatic carbocycles. The maximum Gasteiger partial charge on any atom is 0.416 e. The molecule has 0 saturated carbocycles. The lowest BCUT2D eigenvalue weighted by Crippen LogP contribution is -2.39. The summed E-state index contributed by atoms with van der Waals surface area (Å²) >= 11 is 0. The van der Waals surface area contributed by atoms with Crippen molar-refractivity contribution < 1.29 is 37.0 Å². The molecule has 0 saturated heterocycles. The van der Waals surface area contributed by atoms with Gasteiger partial charge in [0.25, 0.3) is 0 Å². The Morgan fingerprint density at radius 3 is 2.40 bits per heavy atom. The van der Waals surface area contributed by atoms with E-state index in [2.05, 4.69) is 9.84 Å². The molecule has 11 heteroatoms. The zero-order chi connectivity index (χ0) is 22.1. The van der Waals surface area contributed by atoms with Crippen LogP contribution in [0.4, 0.5) is 18.9 Å². The highest BCUT2D eigenvalue weighted by Gasteiger charge is 2.36. The van der Waals surface area contributed by atoms with E-state index in [1.165, 1.54) is 16.9 Å². The number of esters is 2. The number of nitrogens with zero attached hydrogens (tertiary/aromatic N) is 3. The molecule has 0 aliphatic carbocycles. The Hall–Kier alpha value is -3.34. The minimum Gasteiger partial charge on any atom is -0.466 e. The zero-order valence-corrected chi connectivity index (χ0v) is 16.3. The van der Waals surface area contributed by atoms with Crippen molar-refractivity contribution in [2.45, 2.75) is 13.1 Å². The molecule has 2 heterocycles. The Kier molecular flexibility index (Phi) is 5.83. The third-order valence-electron chi connectivity index (χ3n) is 4.39. The number of hydrogen-bond donors (Lipinski definition) is 0. The number of aryl methyl sites for hydroxylation is 1. The summed E-state index contributed by atoms with van der Waals surface area (Å²) in [5.41, 5.74) is -0.411. The molecule has 8 nitrogen and oxygen atoms in total. The van der Waals surface area contributed by atoms with Crippen molar-refractivity contribution in [3.63, 3.8) is 0 Å². The molecule has 3 rings (SSSR count). The van der Waals surface area contributed by atoms with Crippen LogP contribution in [-0.4, -0.2) is 49.3 Å². The number of carbonyl (C=O) groups is 2. The van der Waals surface area contributed by atoms with Gasteiger partial charge >= 0.3 is 18.1 Å². The molecule has 0 fully saturated rings. The van der Waals surface area contributed by atoms with Crippen molar-refractivity contribution in [3.8, 4) is 5.69 Å². The number of hydrogen-bond acceptors (Lipinski definition) is 7. The van der Waals surface area contributed by atoms with Gasteiger partial charge in [-0.2, -0.15) is 18.3 Å². The topological polar surface area (TPSA) is 82.9 Å². The van der Waals surface area contributed by atoms with Crippen molar-refractivity contribution in [2.24, 2.45) is 0 Å². The van der Waals surface area contributed by atoms with Crippen LogP contribution < -0.4 is 4.90 Å². The first-order valence-electron chi connectivity index (χ1n) is 8.65. The molecule has 1 aromatic heterocycles. The van der Waals surface area contributed by atoms with E-state index in [1.807, 2.05) is 0 Å². The van der Waals surface area contributed by atoms with E-state index in [-0.39, 0.29) is 36.0 Å². The fourth-order valence-corrected chi connectivity index (χ4v) is 2.99. The van der Waals surface area contributed by atoms with Crippen LogP contribution in [0.3, 0.4) is 0 Å². The Labute approximate surface area is 169 Å². The molecule has 0 N–H and O–H groups in total. The molecular weight excluding hydrogens is 407 g/mol. The van der Waals surface area contributed by atoms with Gasteiger partial charge in [0.05, 0.1) is 49.5 Å². The van der Waals surface area contributed by atoms with E-state index >= 15 is 0 Å². The van der Waals surface area contributed by atoms with E-state index in [9.17, 15) is 22.8 Å². The number of ether oxygens (including phenoxy) is 3. The van der Waals surface area contributed by atoms with Crippen LogP contribution in [-0.2, 0) is 30.0 Å². The van der Waals surface area contributed by atoms with Gasteiger partial charge in [-0.25, -0.2) is 14.3 Å². The standard InChI is InChI=1S/C19H18F3N3O5/c1-11-7-23-25(8-11)14-5-4-12(19(20,21)22)6-15(14)24-10-30-9-13(17(26)28-2)16(24)18(27)29-3/h4-8H,9-10H2,1-3H3. The second-order valence-corrected chi connectivity index (χ2v) is 6.38. The lowest BCUT2D eigenvalue weighted by Gasteiger charge is -2.32. The van der Waals surface area contributed by atoms with Crippen molar-refractivity contribution in [1.82, 2.24) is 9.78 Å². The molecule has 2 aromatic rings. The first-order chi connectivity index (χ1) is 14.2. The van der Waals surface area contributed by atoms with E-state index in [4.69, 9.17) is 9.47 Å². The molecule has 0 bridgehead atoms. The van der Waals surface area contributed by atoms with Crippen LogP contribution in [0.25, 0.3) is 5.69 Å². The first-order valence-corrected chi connectivity index (χ1v) is 8.65. The van der Waals surface area contributed by atoms with E-state index in [0.717, 1.165) is 36.8 Å². The van der Waals surface area contributed by atoms with Gasteiger partial charge in [0.2, 0.25) is 0 Å². The van der Waals surface area contributed by atoms with Gasteiger partial charge in [-0.3, -0.25) is 0 Å². The van der Waals surface area contributed by atoms with Crippen molar-refractivity contribution in [3.05, 3.63) is 53.0 Å². The predicted octanol–water partition coefficient (Wildman–Crippen LogP) is 2.59. The molecule has 0 unspecified atom stereocenters. The van der Waals surface area contributed by atoms with Gasteiger partial charge in [0.1, 0.15) is 12.4 Å². The van der Waals surface area contributed by atoms with Crippen LogP contribution in [0, 0.1) is 6.92 Å². The summed E-state index contributed by atoms with van der Waals surface area (Å²) in [4.78, 5) is 25.8. The maximum atomic E-state index is 13.4. The van der Waals surface area contributed by atoms with E-state index in [0.29, 0.717) is 0 Å². The average molecular weight is 425 g/mol. The summed E-state index contributed by atoms with van der Waals surface area (Å²) in [6.45, 7) is 1.22. The summed E-state index contributed by atoms with van der Waals surface area (Å²) in [5, 5.41) is 4.14. The third kappa shape index (κ3) is 4.01. The molecule has 0 spiro atoms. The van der Waals surface area contributed by atoms with Crippen molar-refractivity contribution in [2.75, 3.05) is 32.5 Å². The second kappa shape index (κ2) is 8.19. The van der Waals surface area contributed by atoms with Crippen LogP contribution in [0.1, 0.15) is 11.1 Å². The molecule has 30 heavy (non-hydrogen) atoms. The molecule has 0 radical (unpaired) electrons. The fourth-order valence-electron chi connectivity index (χ4n) is 2.99. The third-order valence-corrected chi connectivity index (χ3v) is 4.39. The SMILES string of the molecule is COC(=O)C1=C(C(=O)OC)N(c2cc(C(F)(F)F)ccc2-n2cc(C)cn2)COC1. The monoisotopic (exact) mass is 425 g/mol. The number of benzene rings is 1. The highest BCUT2D eigenvalue weighted by molar-refractivity contribution is 6.03. The van der Waals surface area contributed by atoms with Crippen molar-refractivity contribution >= 4 is 17.6 Å². The summed E-state index contributed by atoms with van der Waals surface area (Å²) in [6.07, 6.45) is -1.49. The summed E-state index contributed by atoms with van der Waals surface area (Å²) in [5.74, 6) is -1.78. The molecule has 1 aliphatic rings. The zero-order valence-electron chi connectivity index (χ0n) is 16.3. The van der Waals surface area contributed by atoms with Gasteiger partial charge in [0, 0.05) is 6.20 Å². The Morgan fingerprint density at radius 1 is 1.13 bits per heavy atom. The van der Waals surface area contributed by atoms with Gasteiger partial charge < -0.3 is 19.1 Å². The normalized spacial score (nSPS) is 14.7. The lowest BCUT2D eigenvalue weighted by molar-refractivity contribution is -0.140. The summed E-state index contributed by atoms with van der Waals surface area (Å²) in [6, 6.07) is 2.99. The van der Waals surface area contributed by atoms with Crippen LogP contribution in [0.15, 0.2) is 41.9 Å². The van der Waals surface area contributed by atoms with Gasteiger partial charge in [-0.1, -0.05) is 0 Å². The number of halogens is 3. The Balaban J connectivity index is 2.27. The van der Waals surface area contributed by atoms with Crippen LogP contribution >= 0.6 is 0 Å². The minimum absolute atomic E-state index is 0.0468. The smallest absolute Gasteiger partial charge is 0.416 e. The summed E-state index contributed by atoms with van der Waals surface area (Å²) < 4.78 is 56.4. The Morgan fingerprint density at radius 2 is 1.83 bits per heavy atom. The first kappa shape index (κ1) is 21.4. The number of methoxy groups -OCH3 is 2. The minimum atomic E-state index is -4.63. The molecule has 0 atom stereocenters. The van der Waals surface area contributed by atoms with Gasteiger partial charge in [-0.05, 0) is 30.7 Å². The Bertz CT molecular complexity index is 1010. The van der Waals surface area contributed by atoms with E-state index in [1.54, 1.807) is 13.1 Å². The number of rotatable bonds is 4. The lowest BCUT2D eigenvalue weighted by atomic mass is 10.1. The molecule has 0 amide bonds. The molecule has 1 aliphatic heterocycles. The maximum absolute atomic E-state index is 13.4. The number of alkyl halides is 3. The highest BCUT2D eigenvalue weighted by Crippen LogP contribution is 2.37.